The van der Waals surface area contributed by atoms with Crippen LogP contribution in [0.15, 0.2) is 53.4 Å². The summed E-state index contributed by atoms with van der Waals surface area (Å²) in [6.07, 6.45) is 1.54. The molecule has 3 aromatic rings. The van der Waals surface area contributed by atoms with Crippen molar-refractivity contribution in [3.8, 4) is 28.7 Å². The first-order valence-corrected chi connectivity index (χ1v) is 13.7. The van der Waals surface area contributed by atoms with E-state index in [4.69, 9.17) is 40.0 Å². The summed E-state index contributed by atoms with van der Waals surface area (Å²) in [6.45, 7) is 0.529. The maximum Gasteiger partial charge on any atom is 0.203 e. The second-order valence-electron chi connectivity index (χ2n) is 8.65. The van der Waals surface area contributed by atoms with Crippen molar-refractivity contribution < 1.29 is 28.4 Å². The highest BCUT2D eigenvalue weighted by atomic mass is 35.5. The molecule has 0 bridgehead atoms. The van der Waals surface area contributed by atoms with E-state index in [2.05, 4.69) is 11.4 Å². The van der Waals surface area contributed by atoms with Crippen molar-refractivity contribution >= 4 is 29.1 Å². The summed E-state index contributed by atoms with van der Waals surface area (Å²) in [5.41, 5.74) is 2.88. The molecule has 1 saturated heterocycles. The Balaban J connectivity index is 1.46. The summed E-state index contributed by atoms with van der Waals surface area (Å²) in [4.78, 5) is 1.15. The normalized spacial score (nSPS) is 16.7. The zero-order valence-electron chi connectivity index (χ0n) is 22.3. The number of benzene rings is 3. The van der Waals surface area contributed by atoms with Gasteiger partial charge in [-0.05, 0) is 72.5 Å². The van der Waals surface area contributed by atoms with Gasteiger partial charge in [-0.25, -0.2) is 0 Å². The van der Waals surface area contributed by atoms with Gasteiger partial charge in [0.2, 0.25) is 5.75 Å². The lowest BCUT2D eigenvalue weighted by molar-refractivity contribution is 0.0437. The first kappa shape index (κ1) is 28.1. The molecule has 1 aliphatic heterocycles. The van der Waals surface area contributed by atoms with Crippen LogP contribution in [0.4, 0.5) is 5.69 Å². The van der Waals surface area contributed by atoms with Crippen LogP contribution in [0.3, 0.4) is 0 Å². The number of halogens is 1. The van der Waals surface area contributed by atoms with Crippen LogP contribution in [0.2, 0.25) is 5.02 Å². The number of methoxy groups -OCH3 is 4. The molecule has 0 amide bonds. The van der Waals surface area contributed by atoms with E-state index in [0.717, 1.165) is 45.3 Å². The van der Waals surface area contributed by atoms with Gasteiger partial charge in [0.1, 0.15) is 0 Å². The van der Waals surface area contributed by atoms with Crippen molar-refractivity contribution in [2.24, 2.45) is 0 Å². The second-order valence-corrected chi connectivity index (χ2v) is 10.3. The van der Waals surface area contributed by atoms with Crippen LogP contribution >= 0.6 is 23.4 Å². The largest absolute Gasteiger partial charge is 0.493 e. The molecule has 0 aromatic heterocycles. The fourth-order valence-corrected chi connectivity index (χ4v) is 5.40. The van der Waals surface area contributed by atoms with Gasteiger partial charge in [-0.15, -0.1) is 11.8 Å². The highest BCUT2D eigenvalue weighted by Gasteiger charge is 2.31. The fraction of sp³-hybridized carbons (Fsp3) is 0.379. The molecule has 38 heavy (non-hydrogen) atoms. The topological polar surface area (TPSA) is 67.4 Å². The van der Waals surface area contributed by atoms with E-state index in [0.29, 0.717) is 35.4 Å². The van der Waals surface area contributed by atoms with Crippen LogP contribution in [0.25, 0.3) is 0 Å². The number of anilines is 1. The van der Waals surface area contributed by atoms with Gasteiger partial charge in [-0.1, -0.05) is 11.6 Å². The Hall–Kier alpha value is -2.94. The van der Waals surface area contributed by atoms with Crippen molar-refractivity contribution in [2.75, 3.05) is 53.2 Å². The quantitative estimate of drug-likeness (QED) is 0.185. The van der Waals surface area contributed by atoms with Crippen LogP contribution < -0.4 is 29.0 Å². The monoisotopic (exact) mass is 559 g/mol. The van der Waals surface area contributed by atoms with E-state index in [1.165, 1.54) is 0 Å². The van der Waals surface area contributed by atoms with E-state index in [-0.39, 0.29) is 12.2 Å². The van der Waals surface area contributed by atoms with E-state index >= 15 is 0 Å². The molecule has 1 aliphatic rings. The van der Waals surface area contributed by atoms with Crippen LogP contribution in [0.5, 0.6) is 28.7 Å². The molecular formula is C29H34ClNO6S. The Morgan fingerprint density at radius 3 is 1.89 bits per heavy atom. The predicted octanol–water partition coefficient (Wildman–Crippen LogP) is 7.18. The molecule has 2 unspecified atom stereocenters. The lowest BCUT2D eigenvalue weighted by Gasteiger charge is -2.20. The minimum absolute atomic E-state index is 0.0883. The third-order valence-electron chi connectivity index (χ3n) is 6.43. The Kier molecular flexibility index (Phi) is 9.77. The number of nitrogens with one attached hydrogen (secondary N) is 1. The summed E-state index contributed by atoms with van der Waals surface area (Å²) in [5.74, 6) is 3.95. The Labute approximate surface area is 233 Å². The molecule has 0 aliphatic carbocycles. The molecule has 0 radical (unpaired) electrons. The van der Waals surface area contributed by atoms with Crippen molar-refractivity contribution in [3.63, 3.8) is 0 Å². The number of rotatable bonds is 12. The number of hydrogen-bond acceptors (Lipinski definition) is 8. The molecular weight excluding hydrogens is 526 g/mol. The van der Waals surface area contributed by atoms with Crippen LogP contribution in [-0.2, 0) is 4.74 Å². The zero-order chi connectivity index (χ0) is 27.1. The Bertz CT molecular complexity index is 1170. The third-order valence-corrected chi connectivity index (χ3v) is 7.66. The van der Waals surface area contributed by atoms with Crippen molar-refractivity contribution in [1.82, 2.24) is 0 Å². The third kappa shape index (κ3) is 6.37. The molecule has 0 spiro atoms. The molecule has 2 atom stereocenters. The molecule has 7 nitrogen and oxygen atoms in total. The molecule has 1 heterocycles. The average Bonchev–Trinajstić information content (AvgIpc) is 3.45. The average molecular weight is 560 g/mol. The summed E-state index contributed by atoms with van der Waals surface area (Å²) in [5, 5.41) is 3.99. The molecule has 3 aromatic carbocycles. The highest BCUT2D eigenvalue weighted by Crippen LogP contribution is 2.48. The number of hydrogen-bond donors (Lipinski definition) is 1. The van der Waals surface area contributed by atoms with Gasteiger partial charge in [0.05, 0.1) is 52.9 Å². The van der Waals surface area contributed by atoms with Crippen LogP contribution in [-0.4, -0.2) is 47.8 Å². The first-order valence-electron chi connectivity index (χ1n) is 12.4. The maximum atomic E-state index is 6.51. The predicted molar refractivity (Wildman–Crippen MR) is 152 cm³/mol. The molecule has 4 rings (SSSR count). The van der Waals surface area contributed by atoms with Gasteiger partial charge in [-0.3, -0.25) is 0 Å². The van der Waals surface area contributed by atoms with Gasteiger partial charge < -0.3 is 33.7 Å². The number of ether oxygens (including phenoxy) is 6. The molecule has 9 heteroatoms. The molecule has 1 N–H and O–H groups in total. The van der Waals surface area contributed by atoms with Crippen molar-refractivity contribution in [2.45, 2.75) is 29.9 Å². The fourth-order valence-electron chi connectivity index (χ4n) is 4.54. The van der Waals surface area contributed by atoms with Crippen LogP contribution in [0, 0.1) is 0 Å². The highest BCUT2D eigenvalue weighted by molar-refractivity contribution is 7.99. The van der Waals surface area contributed by atoms with E-state index in [1.54, 1.807) is 40.2 Å². The Morgan fingerprint density at radius 1 is 0.816 bits per heavy atom. The first-order chi connectivity index (χ1) is 18.5. The standard InChI is InChI=1S/C29H34ClNO6S/c1-31-22-14-18(15-25(32-2)28(22)36-12-13-38-21-8-6-20(30)7-9-21)23-10-11-24(37-23)19-16-26(33-3)29(35-5)27(17-19)34-4/h6-9,14-17,23-24,31H,10-13H2,1-5H3. The molecule has 1 fully saturated rings. The van der Waals surface area contributed by atoms with Crippen LogP contribution in [0.1, 0.15) is 36.2 Å². The van der Waals surface area contributed by atoms with Crippen molar-refractivity contribution in [1.29, 1.82) is 0 Å². The second kappa shape index (κ2) is 13.2. The minimum Gasteiger partial charge on any atom is -0.493 e. The lowest BCUT2D eigenvalue weighted by Crippen LogP contribution is -2.07. The summed E-state index contributed by atoms with van der Waals surface area (Å²) in [7, 11) is 8.36. The Morgan fingerprint density at radius 2 is 1.37 bits per heavy atom. The van der Waals surface area contributed by atoms with Gasteiger partial charge in [0.25, 0.3) is 0 Å². The van der Waals surface area contributed by atoms with E-state index < -0.39 is 0 Å². The summed E-state index contributed by atoms with van der Waals surface area (Å²) >= 11 is 7.69. The summed E-state index contributed by atoms with van der Waals surface area (Å²) < 4.78 is 34.9. The SMILES string of the molecule is CNc1cc(C2CCC(c3cc(OC)c(OC)c(OC)c3)O2)cc(OC)c1OCCSc1ccc(Cl)cc1. The van der Waals surface area contributed by atoms with Gasteiger partial charge >= 0.3 is 0 Å². The van der Waals surface area contributed by atoms with Gasteiger partial charge in [0, 0.05) is 22.7 Å². The minimum atomic E-state index is -0.0986. The van der Waals surface area contributed by atoms with Crippen molar-refractivity contribution in [3.05, 3.63) is 64.7 Å². The van der Waals surface area contributed by atoms with E-state index in [9.17, 15) is 0 Å². The smallest absolute Gasteiger partial charge is 0.203 e. The zero-order valence-corrected chi connectivity index (χ0v) is 23.9. The van der Waals surface area contributed by atoms with Gasteiger partial charge in [-0.2, -0.15) is 0 Å². The van der Waals surface area contributed by atoms with E-state index in [1.807, 2.05) is 49.5 Å². The molecule has 204 valence electrons. The number of thioether (sulfide) groups is 1. The lowest BCUT2D eigenvalue weighted by atomic mass is 10.0. The maximum absolute atomic E-state index is 6.51. The van der Waals surface area contributed by atoms with Gasteiger partial charge in [0.15, 0.2) is 23.0 Å². The molecule has 0 saturated carbocycles. The summed E-state index contributed by atoms with van der Waals surface area (Å²) in [6, 6.07) is 15.8.